The number of ether oxygens (including phenoxy) is 1. The lowest BCUT2D eigenvalue weighted by Gasteiger charge is -2.02. The Labute approximate surface area is 111 Å². The number of aromatic nitrogens is 1. The monoisotopic (exact) mass is 286 g/mol. The molecule has 18 heavy (non-hydrogen) atoms. The highest BCUT2D eigenvalue weighted by atomic mass is 35.5. The molecule has 0 fully saturated rings. The molecular weight excluding hydrogens is 279 g/mol. The highest BCUT2D eigenvalue weighted by Gasteiger charge is 2.10. The maximum atomic E-state index is 13.0. The Morgan fingerprint density at radius 2 is 2.33 bits per heavy atom. The van der Waals surface area contributed by atoms with Crippen molar-refractivity contribution in [2.45, 2.75) is 0 Å². The van der Waals surface area contributed by atoms with Crippen LogP contribution < -0.4 is 5.32 Å². The minimum Gasteiger partial charge on any atom is -0.465 e. The number of anilines is 2. The maximum Gasteiger partial charge on any atom is 0.349 e. The largest absolute Gasteiger partial charge is 0.465 e. The first-order valence-corrected chi connectivity index (χ1v) is 6.06. The number of carbonyl (C=O) groups is 1. The Bertz CT molecular complexity index is 588. The van der Waals surface area contributed by atoms with Crippen LogP contribution in [0.4, 0.5) is 15.2 Å². The first kappa shape index (κ1) is 12.8. The Balaban J connectivity index is 2.16. The van der Waals surface area contributed by atoms with Gasteiger partial charge < -0.3 is 10.1 Å². The predicted molar refractivity (Wildman–Crippen MR) is 68.1 cm³/mol. The van der Waals surface area contributed by atoms with Crippen LogP contribution in [0.2, 0.25) is 5.02 Å². The van der Waals surface area contributed by atoms with E-state index in [-0.39, 0.29) is 5.02 Å². The molecule has 7 heteroatoms. The molecule has 0 aliphatic carbocycles. The van der Waals surface area contributed by atoms with Crippen LogP contribution in [0, 0.1) is 5.82 Å². The number of hydrogen-bond acceptors (Lipinski definition) is 5. The molecule has 1 N–H and O–H groups in total. The summed E-state index contributed by atoms with van der Waals surface area (Å²) in [7, 11) is 1.30. The number of esters is 1. The van der Waals surface area contributed by atoms with Crippen LogP contribution in [0.5, 0.6) is 0 Å². The molecule has 4 nitrogen and oxygen atoms in total. The molecule has 0 aliphatic heterocycles. The molecule has 1 aromatic heterocycles. The van der Waals surface area contributed by atoms with Crippen molar-refractivity contribution in [2.24, 2.45) is 0 Å². The molecule has 2 rings (SSSR count). The number of methoxy groups -OCH3 is 1. The van der Waals surface area contributed by atoms with E-state index in [9.17, 15) is 9.18 Å². The van der Waals surface area contributed by atoms with Gasteiger partial charge in [0.05, 0.1) is 18.3 Å². The minimum absolute atomic E-state index is 0.0183. The van der Waals surface area contributed by atoms with E-state index in [1.54, 1.807) is 0 Å². The molecule has 0 amide bonds. The summed E-state index contributed by atoms with van der Waals surface area (Å²) in [5.41, 5.74) is 0.590. The quantitative estimate of drug-likeness (QED) is 0.878. The first-order valence-electron chi connectivity index (χ1n) is 4.86. The third-order valence-corrected chi connectivity index (χ3v) is 3.25. The summed E-state index contributed by atoms with van der Waals surface area (Å²) >= 11 is 6.79. The molecular formula is C11H8ClFN2O2S. The second-order valence-corrected chi connectivity index (χ2v) is 4.71. The molecule has 2 aromatic rings. The summed E-state index contributed by atoms with van der Waals surface area (Å²) in [4.78, 5) is 15.6. The van der Waals surface area contributed by atoms with Gasteiger partial charge in [-0.15, -0.1) is 0 Å². The van der Waals surface area contributed by atoms with E-state index in [1.807, 2.05) is 0 Å². The first-order chi connectivity index (χ1) is 8.60. The fraction of sp³-hybridized carbons (Fsp3) is 0.0909. The van der Waals surface area contributed by atoms with Crippen LogP contribution in [-0.2, 0) is 4.74 Å². The summed E-state index contributed by atoms with van der Waals surface area (Å²) in [5.74, 6) is -0.936. The van der Waals surface area contributed by atoms with Crippen molar-refractivity contribution in [3.05, 3.63) is 40.1 Å². The molecule has 0 saturated heterocycles. The average Bonchev–Trinajstić information content (AvgIpc) is 2.81. The van der Waals surface area contributed by atoms with Gasteiger partial charge >= 0.3 is 5.97 Å². The number of carbonyl (C=O) groups excluding carboxylic acids is 1. The third-order valence-electron chi connectivity index (χ3n) is 2.06. The summed E-state index contributed by atoms with van der Waals surface area (Å²) in [6, 6.07) is 4.22. The Morgan fingerprint density at radius 1 is 1.56 bits per heavy atom. The molecule has 0 unspecified atom stereocenters. The Morgan fingerprint density at radius 3 is 3.00 bits per heavy atom. The smallest absolute Gasteiger partial charge is 0.349 e. The zero-order chi connectivity index (χ0) is 13.1. The van der Waals surface area contributed by atoms with Crippen molar-refractivity contribution >= 4 is 39.7 Å². The maximum absolute atomic E-state index is 13.0. The number of nitrogens with one attached hydrogen (secondary N) is 1. The molecule has 0 atom stereocenters. The van der Waals surface area contributed by atoms with Gasteiger partial charge in [0.2, 0.25) is 0 Å². The Hall–Kier alpha value is -1.66. The number of rotatable bonds is 3. The lowest BCUT2D eigenvalue weighted by molar-refractivity contribution is 0.0606. The van der Waals surface area contributed by atoms with Gasteiger partial charge in [-0.25, -0.2) is 14.2 Å². The second kappa shape index (κ2) is 5.32. The van der Waals surface area contributed by atoms with Gasteiger partial charge in [0.1, 0.15) is 10.7 Å². The van der Waals surface area contributed by atoms with Crippen molar-refractivity contribution in [3.63, 3.8) is 0 Å². The van der Waals surface area contributed by atoms with E-state index >= 15 is 0 Å². The highest BCUT2D eigenvalue weighted by Crippen LogP contribution is 2.25. The summed E-state index contributed by atoms with van der Waals surface area (Å²) < 4.78 is 17.5. The fourth-order valence-corrected chi connectivity index (χ4v) is 2.16. The van der Waals surface area contributed by atoms with Crippen molar-refractivity contribution in [1.82, 2.24) is 4.98 Å². The van der Waals surface area contributed by atoms with Crippen LogP contribution in [-0.4, -0.2) is 18.1 Å². The molecule has 1 heterocycles. The minimum atomic E-state index is -0.489. The van der Waals surface area contributed by atoms with Crippen LogP contribution in [0.15, 0.2) is 24.4 Å². The number of nitrogens with zero attached hydrogens (tertiary/aromatic N) is 1. The molecule has 94 valence electrons. The van der Waals surface area contributed by atoms with Gasteiger partial charge in [-0.2, -0.15) is 0 Å². The standard InChI is InChI=1S/C11H8ClFN2O2S/c1-17-10(16)9-5-14-11(18-9)15-6-2-3-8(13)7(12)4-6/h2-5H,1H3,(H,14,15). The van der Waals surface area contributed by atoms with Gasteiger partial charge in [0, 0.05) is 5.69 Å². The molecule has 0 aliphatic rings. The van der Waals surface area contributed by atoms with Gasteiger partial charge in [-0.3, -0.25) is 0 Å². The van der Waals surface area contributed by atoms with Gasteiger partial charge in [0.25, 0.3) is 0 Å². The lowest BCUT2D eigenvalue weighted by Crippen LogP contribution is -1.96. The molecule has 0 radical (unpaired) electrons. The van der Waals surface area contributed by atoms with Crippen molar-refractivity contribution in [2.75, 3.05) is 12.4 Å². The number of halogens is 2. The SMILES string of the molecule is COC(=O)c1cnc(Nc2ccc(F)c(Cl)c2)s1. The average molecular weight is 287 g/mol. The van der Waals surface area contributed by atoms with E-state index in [4.69, 9.17) is 11.6 Å². The molecule has 0 spiro atoms. The zero-order valence-electron chi connectivity index (χ0n) is 9.24. The molecule has 0 saturated carbocycles. The second-order valence-electron chi connectivity index (χ2n) is 3.28. The number of thiazole rings is 1. The molecule has 0 bridgehead atoms. The fourth-order valence-electron chi connectivity index (χ4n) is 1.22. The normalized spacial score (nSPS) is 10.2. The predicted octanol–water partition coefficient (Wildman–Crippen LogP) is 3.47. The van der Waals surface area contributed by atoms with E-state index in [2.05, 4.69) is 15.0 Å². The summed E-state index contributed by atoms with van der Waals surface area (Å²) in [5, 5.41) is 3.44. The molecule has 1 aromatic carbocycles. The highest BCUT2D eigenvalue weighted by molar-refractivity contribution is 7.17. The van der Waals surface area contributed by atoms with Crippen LogP contribution in [0.3, 0.4) is 0 Å². The third kappa shape index (κ3) is 2.77. The van der Waals surface area contributed by atoms with Crippen molar-refractivity contribution in [3.8, 4) is 0 Å². The Kier molecular flexibility index (Phi) is 3.78. The van der Waals surface area contributed by atoms with Crippen LogP contribution in [0.1, 0.15) is 9.67 Å². The van der Waals surface area contributed by atoms with E-state index in [0.29, 0.717) is 15.7 Å². The lowest BCUT2D eigenvalue weighted by atomic mass is 10.3. The van der Waals surface area contributed by atoms with Gasteiger partial charge in [-0.05, 0) is 18.2 Å². The number of benzene rings is 1. The van der Waals surface area contributed by atoms with Crippen LogP contribution >= 0.6 is 22.9 Å². The van der Waals surface area contributed by atoms with E-state index in [1.165, 1.54) is 31.5 Å². The van der Waals surface area contributed by atoms with Crippen LogP contribution in [0.25, 0.3) is 0 Å². The topological polar surface area (TPSA) is 51.2 Å². The van der Waals surface area contributed by atoms with E-state index in [0.717, 1.165) is 11.3 Å². The zero-order valence-corrected chi connectivity index (χ0v) is 10.8. The summed E-state index contributed by atoms with van der Waals surface area (Å²) in [6.07, 6.45) is 1.41. The van der Waals surface area contributed by atoms with Gasteiger partial charge in [0.15, 0.2) is 5.13 Å². The van der Waals surface area contributed by atoms with E-state index < -0.39 is 11.8 Å². The van der Waals surface area contributed by atoms with Crippen molar-refractivity contribution in [1.29, 1.82) is 0 Å². The van der Waals surface area contributed by atoms with Crippen molar-refractivity contribution < 1.29 is 13.9 Å². The van der Waals surface area contributed by atoms with Gasteiger partial charge in [-0.1, -0.05) is 22.9 Å². The summed E-state index contributed by atoms with van der Waals surface area (Å²) in [6.45, 7) is 0. The number of hydrogen-bond donors (Lipinski definition) is 1.